The Kier molecular flexibility index (Phi) is 4.00. The van der Waals surface area contributed by atoms with E-state index in [-0.39, 0.29) is 0 Å². The van der Waals surface area contributed by atoms with E-state index in [4.69, 9.17) is 4.74 Å². The maximum absolute atomic E-state index is 5.74. The molecule has 3 nitrogen and oxygen atoms in total. The zero-order valence-electron chi connectivity index (χ0n) is 10.0. The van der Waals surface area contributed by atoms with Gasteiger partial charge in [0.1, 0.15) is 0 Å². The Bertz CT molecular complexity index is 192. The molecule has 2 fully saturated rings. The quantitative estimate of drug-likeness (QED) is 0.745. The van der Waals surface area contributed by atoms with Crippen LogP contribution in [0, 0.1) is 0 Å². The molecule has 1 N–H and O–H groups in total. The molecule has 2 aliphatic rings. The van der Waals surface area contributed by atoms with Crippen LogP contribution in [0.15, 0.2) is 0 Å². The topological polar surface area (TPSA) is 24.5 Å². The third kappa shape index (κ3) is 2.71. The summed E-state index contributed by atoms with van der Waals surface area (Å²) in [5.41, 5.74) is 0. The smallest absolute Gasteiger partial charge is 0.0674 e. The molecule has 2 saturated heterocycles. The molecule has 88 valence electrons. The van der Waals surface area contributed by atoms with E-state index < -0.39 is 0 Å². The fraction of sp³-hybridized carbons (Fsp3) is 1.00. The number of morpholine rings is 1. The summed E-state index contributed by atoms with van der Waals surface area (Å²) in [5, 5.41) is 3.51. The molecule has 15 heavy (non-hydrogen) atoms. The maximum atomic E-state index is 5.74. The summed E-state index contributed by atoms with van der Waals surface area (Å²) in [7, 11) is 0. The monoisotopic (exact) mass is 212 g/mol. The van der Waals surface area contributed by atoms with Crippen LogP contribution in [-0.2, 0) is 4.74 Å². The summed E-state index contributed by atoms with van der Waals surface area (Å²) in [6.07, 6.45) is 4.31. The lowest BCUT2D eigenvalue weighted by molar-refractivity contribution is -0.0752. The van der Waals surface area contributed by atoms with E-state index in [1.54, 1.807) is 0 Å². The van der Waals surface area contributed by atoms with Crippen molar-refractivity contribution in [3.8, 4) is 0 Å². The van der Waals surface area contributed by atoms with Crippen molar-refractivity contribution in [2.75, 3.05) is 26.2 Å². The first-order valence-electron chi connectivity index (χ1n) is 6.39. The number of hydrogen-bond donors (Lipinski definition) is 1. The van der Waals surface area contributed by atoms with Crippen LogP contribution in [-0.4, -0.2) is 49.3 Å². The fourth-order valence-corrected chi connectivity index (χ4v) is 2.79. The average Bonchev–Trinajstić information content (AvgIpc) is 2.30. The summed E-state index contributed by atoms with van der Waals surface area (Å²) in [6, 6.07) is 1.39. The first kappa shape index (κ1) is 11.4. The van der Waals surface area contributed by atoms with Crippen molar-refractivity contribution in [1.82, 2.24) is 10.2 Å². The lowest BCUT2D eigenvalue weighted by Gasteiger charge is -2.44. The maximum Gasteiger partial charge on any atom is 0.0674 e. The van der Waals surface area contributed by atoms with Gasteiger partial charge >= 0.3 is 0 Å². The van der Waals surface area contributed by atoms with Gasteiger partial charge in [-0.2, -0.15) is 0 Å². The number of hydrogen-bond acceptors (Lipinski definition) is 3. The zero-order valence-corrected chi connectivity index (χ0v) is 10.0. The molecule has 3 unspecified atom stereocenters. The average molecular weight is 212 g/mol. The fourth-order valence-electron chi connectivity index (χ4n) is 2.79. The second kappa shape index (κ2) is 5.28. The molecule has 0 bridgehead atoms. The van der Waals surface area contributed by atoms with E-state index in [9.17, 15) is 0 Å². The van der Waals surface area contributed by atoms with Crippen molar-refractivity contribution in [2.45, 2.75) is 51.3 Å². The third-order valence-electron chi connectivity index (χ3n) is 3.72. The van der Waals surface area contributed by atoms with Gasteiger partial charge in [-0.1, -0.05) is 6.92 Å². The van der Waals surface area contributed by atoms with Crippen LogP contribution in [0.2, 0.25) is 0 Å². The summed E-state index contributed by atoms with van der Waals surface area (Å²) in [5.74, 6) is 0. The van der Waals surface area contributed by atoms with Gasteiger partial charge in [0, 0.05) is 25.2 Å². The minimum Gasteiger partial charge on any atom is -0.376 e. The summed E-state index contributed by atoms with van der Waals surface area (Å²) in [4.78, 5) is 2.68. The van der Waals surface area contributed by atoms with Crippen molar-refractivity contribution < 1.29 is 4.74 Å². The molecule has 0 aromatic rings. The van der Waals surface area contributed by atoms with Crippen LogP contribution in [0.25, 0.3) is 0 Å². The number of rotatable bonds is 2. The number of ether oxygens (including phenoxy) is 1. The molecule has 0 amide bonds. The van der Waals surface area contributed by atoms with Gasteiger partial charge in [0.15, 0.2) is 0 Å². The van der Waals surface area contributed by atoms with E-state index in [1.807, 2.05) is 0 Å². The molecule has 0 aromatic heterocycles. The van der Waals surface area contributed by atoms with Gasteiger partial charge in [-0.3, -0.25) is 4.90 Å². The lowest BCUT2D eigenvalue weighted by Crippen LogP contribution is -2.57. The van der Waals surface area contributed by atoms with Gasteiger partial charge in [-0.15, -0.1) is 0 Å². The minimum atomic E-state index is 0.412. The second-order valence-corrected chi connectivity index (χ2v) is 4.90. The lowest BCUT2D eigenvalue weighted by atomic mass is 10.0. The molecule has 2 heterocycles. The first-order chi connectivity index (χ1) is 7.31. The third-order valence-corrected chi connectivity index (χ3v) is 3.72. The Morgan fingerprint density at radius 1 is 1.47 bits per heavy atom. The molecular formula is C12H24N2O. The Morgan fingerprint density at radius 3 is 3.00 bits per heavy atom. The van der Waals surface area contributed by atoms with Gasteiger partial charge in [0.25, 0.3) is 0 Å². The van der Waals surface area contributed by atoms with Crippen molar-refractivity contribution >= 4 is 0 Å². The molecule has 0 saturated carbocycles. The van der Waals surface area contributed by atoms with E-state index in [1.165, 1.54) is 32.4 Å². The number of nitrogens with one attached hydrogen (secondary N) is 1. The summed E-state index contributed by atoms with van der Waals surface area (Å²) < 4.78 is 5.74. The van der Waals surface area contributed by atoms with E-state index in [0.717, 1.165) is 19.2 Å². The Morgan fingerprint density at radius 2 is 2.33 bits per heavy atom. The van der Waals surface area contributed by atoms with Crippen LogP contribution in [0.1, 0.15) is 33.1 Å². The SMILES string of the molecule is CCC1COC(C)CN1C1CCCNC1. The highest BCUT2D eigenvalue weighted by molar-refractivity contribution is 4.86. The first-order valence-corrected chi connectivity index (χ1v) is 6.39. The van der Waals surface area contributed by atoms with Crippen molar-refractivity contribution in [2.24, 2.45) is 0 Å². The largest absolute Gasteiger partial charge is 0.376 e. The standard InChI is InChI=1S/C12H24N2O/c1-3-11-9-15-10(2)8-14(11)12-5-4-6-13-7-12/h10-13H,3-9H2,1-2H3. The summed E-state index contributed by atoms with van der Waals surface area (Å²) in [6.45, 7) is 8.87. The molecule has 0 radical (unpaired) electrons. The molecular weight excluding hydrogens is 188 g/mol. The van der Waals surface area contributed by atoms with Gasteiger partial charge in [0.05, 0.1) is 12.7 Å². The minimum absolute atomic E-state index is 0.412. The Hall–Kier alpha value is -0.120. The van der Waals surface area contributed by atoms with Gasteiger partial charge in [-0.05, 0) is 32.7 Å². The van der Waals surface area contributed by atoms with Crippen LogP contribution in [0.3, 0.4) is 0 Å². The predicted molar refractivity (Wildman–Crippen MR) is 62.1 cm³/mol. The van der Waals surface area contributed by atoms with Crippen LogP contribution < -0.4 is 5.32 Å². The molecule has 0 aliphatic carbocycles. The van der Waals surface area contributed by atoms with E-state index >= 15 is 0 Å². The second-order valence-electron chi connectivity index (χ2n) is 4.90. The predicted octanol–water partition coefficient (Wildman–Crippen LogP) is 1.24. The van der Waals surface area contributed by atoms with Crippen molar-refractivity contribution in [1.29, 1.82) is 0 Å². The van der Waals surface area contributed by atoms with Gasteiger partial charge < -0.3 is 10.1 Å². The van der Waals surface area contributed by atoms with Gasteiger partial charge in [0.2, 0.25) is 0 Å². The highest BCUT2D eigenvalue weighted by Crippen LogP contribution is 2.20. The zero-order chi connectivity index (χ0) is 10.7. The molecule has 3 atom stereocenters. The van der Waals surface area contributed by atoms with Gasteiger partial charge in [-0.25, -0.2) is 0 Å². The molecule has 0 spiro atoms. The molecule has 3 heteroatoms. The van der Waals surface area contributed by atoms with Crippen LogP contribution in [0.4, 0.5) is 0 Å². The molecule has 0 aromatic carbocycles. The Labute approximate surface area is 93.2 Å². The Balaban J connectivity index is 1.95. The van der Waals surface area contributed by atoms with Crippen LogP contribution >= 0.6 is 0 Å². The summed E-state index contributed by atoms with van der Waals surface area (Å²) >= 11 is 0. The van der Waals surface area contributed by atoms with Crippen LogP contribution in [0.5, 0.6) is 0 Å². The van der Waals surface area contributed by atoms with E-state index in [0.29, 0.717) is 12.1 Å². The highest BCUT2D eigenvalue weighted by atomic mass is 16.5. The van der Waals surface area contributed by atoms with Crippen molar-refractivity contribution in [3.05, 3.63) is 0 Å². The molecule has 2 aliphatic heterocycles. The number of nitrogens with zero attached hydrogens (tertiary/aromatic N) is 1. The van der Waals surface area contributed by atoms with E-state index in [2.05, 4.69) is 24.1 Å². The van der Waals surface area contributed by atoms with Crippen molar-refractivity contribution in [3.63, 3.8) is 0 Å². The molecule has 2 rings (SSSR count). The number of piperidine rings is 1. The normalized spacial score (nSPS) is 39.2. The highest BCUT2D eigenvalue weighted by Gasteiger charge is 2.31.